The van der Waals surface area contributed by atoms with Gasteiger partial charge in [0.15, 0.2) is 0 Å². The second kappa shape index (κ2) is 9.23. The van der Waals surface area contributed by atoms with Gasteiger partial charge in [-0.2, -0.15) is 0 Å². The van der Waals surface area contributed by atoms with Crippen LogP contribution in [0.25, 0.3) is 0 Å². The lowest BCUT2D eigenvalue weighted by Crippen LogP contribution is -2.45. The summed E-state index contributed by atoms with van der Waals surface area (Å²) in [5, 5.41) is 5.39. The molecule has 7 heteroatoms. The highest BCUT2D eigenvalue weighted by Gasteiger charge is 2.32. The van der Waals surface area contributed by atoms with Crippen LogP contribution in [-0.4, -0.2) is 18.6 Å². The maximum atomic E-state index is 13.0. The number of urea groups is 1. The number of esters is 1. The van der Waals surface area contributed by atoms with Gasteiger partial charge in [0.2, 0.25) is 0 Å². The Morgan fingerprint density at radius 3 is 2.45 bits per heavy atom. The largest absolute Gasteiger partial charge is 0.489 e. The molecule has 2 amide bonds. The molecule has 0 aromatic heterocycles. The molecule has 0 radical (unpaired) electrons. The predicted octanol–water partition coefficient (Wildman–Crippen LogP) is 3.99. The minimum Gasteiger partial charge on any atom is -0.489 e. The highest BCUT2D eigenvalue weighted by Crippen LogP contribution is 2.29. The van der Waals surface area contributed by atoms with Crippen LogP contribution in [0, 0.1) is 5.82 Å². The quantitative estimate of drug-likeness (QED) is 0.692. The number of rotatable bonds is 7. The van der Waals surface area contributed by atoms with Crippen LogP contribution in [0.4, 0.5) is 9.18 Å². The topological polar surface area (TPSA) is 76.7 Å². The van der Waals surface area contributed by atoms with E-state index in [1.165, 1.54) is 12.1 Å². The fraction of sp³-hybridized carbons (Fsp3) is 0.273. The Balaban J connectivity index is 1.74. The lowest BCUT2D eigenvalue weighted by Gasteiger charge is -2.28. The normalized spacial score (nSPS) is 16.1. The molecule has 1 heterocycles. The van der Waals surface area contributed by atoms with E-state index in [0.717, 1.165) is 11.1 Å². The van der Waals surface area contributed by atoms with Crippen molar-refractivity contribution >= 4 is 12.0 Å². The van der Waals surface area contributed by atoms with E-state index in [1.807, 2.05) is 6.92 Å². The van der Waals surface area contributed by atoms with Gasteiger partial charge in [0, 0.05) is 5.70 Å². The Kier molecular flexibility index (Phi) is 6.49. The summed E-state index contributed by atoms with van der Waals surface area (Å²) in [7, 11) is 0. The lowest BCUT2D eigenvalue weighted by molar-refractivity contribution is -0.139. The first kappa shape index (κ1) is 20.4. The third kappa shape index (κ3) is 5.13. The summed E-state index contributed by atoms with van der Waals surface area (Å²) >= 11 is 0. The Morgan fingerprint density at radius 1 is 1.10 bits per heavy atom. The van der Waals surface area contributed by atoms with Gasteiger partial charge in [-0.05, 0) is 48.7 Å². The Morgan fingerprint density at radius 2 is 1.79 bits per heavy atom. The first-order valence-electron chi connectivity index (χ1n) is 9.40. The average molecular weight is 398 g/mol. The van der Waals surface area contributed by atoms with Gasteiger partial charge in [-0.3, -0.25) is 0 Å². The van der Waals surface area contributed by atoms with Crippen molar-refractivity contribution in [2.45, 2.75) is 32.9 Å². The molecule has 1 aliphatic heterocycles. The molecule has 0 spiro atoms. The number of hydrogen-bond donors (Lipinski definition) is 2. The standard InChI is InChI=1S/C22H23FN2O4/c1-3-12-28-21(26)19-14(2)24-22(27)25-20(19)16-6-10-18(11-7-16)29-13-15-4-8-17(23)9-5-15/h4-11,20H,3,12-13H2,1-2H3,(H2,24,25,27). The fourth-order valence-electron chi connectivity index (χ4n) is 2.99. The zero-order valence-corrected chi connectivity index (χ0v) is 16.3. The molecule has 0 aliphatic carbocycles. The van der Waals surface area contributed by atoms with Crippen LogP contribution in [0.15, 0.2) is 59.8 Å². The average Bonchev–Trinajstić information content (AvgIpc) is 2.71. The van der Waals surface area contributed by atoms with Gasteiger partial charge in [-0.1, -0.05) is 31.2 Å². The smallest absolute Gasteiger partial charge is 0.338 e. The fourth-order valence-corrected chi connectivity index (χ4v) is 2.99. The first-order valence-corrected chi connectivity index (χ1v) is 9.40. The van der Waals surface area contributed by atoms with Crippen LogP contribution in [0.1, 0.15) is 37.4 Å². The number of halogens is 1. The van der Waals surface area contributed by atoms with Crippen molar-refractivity contribution < 1.29 is 23.5 Å². The van der Waals surface area contributed by atoms with E-state index in [9.17, 15) is 14.0 Å². The zero-order valence-electron chi connectivity index (χ0n) is 16.3. The van der Waals surface area contributed by atoms with Crippen molar-refractivity contribution in [1.82, 2.24) is 10.6 Å². The molecule has 6 nitrogen and oxygen atoms in total. The second-order valence-corrected chi connectivity index (χ2v) is 6.69. The highest BCUT2D eigenvalue weighted by molar-refractivity contribution is 5.95. The van der Waals surface area contributed by atoms with Gasteiger partial charge in [0.1, 0.15) is 18.2 Å². The predicted molar refractivity (Wildman–Crippen MR) is 106 cm³/mol. The minimum absolute atomic E-state index is 0.293. The van der Waals surface area contributed by atoms with Crippen molar-refractivity contribution in [3.63, 3.8) is 0 Å². The number of amides is 2. The molecule has 1 unspecified atom stereocenters. The van der Waals surface area contributed by atoms with Gasteiger partial charge in [-0.25, -0.2) is 14.0 Å². The monoisotopic (exact) mass is 398 g/mol. The Labute approximate surface area is 168 Å². The van der Waals surface area contributed by atoms with Gasteiger partial charge in [0.25, 0.3) is 0 Å². The van der Waals surface area contributed by atoms with E-state index in [2.05, 4.69) is 10.6 Å². The number of carbonyl (C=O) groups is 2. The summed E-state index contributed by atoms with van der Waals surface area (Å²) in [6, 6.07) is 12.2. The molecule has 0 saturated carbocycles. The molecule has 2 aromatic rings. The summed E-state index contributed by atoms with van der Waals surface area (Å²) in [6.45, 7) is 4.20. The van der Waals surface area contributed by atoms with Crippen molar-refractivity contribution in [1.29, 1.82) is 0 Å². The molecule has 2 aromatic carbocycles. The van der Waals surface area contributed by atoms with Crippen LogP contribution < -0.4 is 15.4 Å². The minimum atomic E-state index is -0.612. The number of ether oxygens (including phenoxy) is 2. The number of nitrogens with one attached hydrogen (secondary N) is 2. The van der Waals surface area contributed by atoms with Crippen molar-refractivity contribution in [2.24, 2.45) is 0 Å². The van der Waals surface area contributed by atoms with Crippen molar-refractivity contribution in [2.75, 3.05) is 6.61 Å². The summed E-state index contributed by atoms with van der Waals surface area (Å²) < 4.78 is 24.0. The van der Waals surface area contributed by atoms with Crippen LogP contribution in [-0.2, 0) is 16.1 Å². The van der Waals surface area contributed by atoms with E-state index in [0.29, 0.717) is 36.7 Å². The molecule has 29 heavy (non-hydrogen) atoms. The Hall–Kier alpha value is -3.35. The van der Waals surface area contributed by atoms with Gasteiger partial charge >= 0.3 is 12.0 Å². The second-order valence-electron chi connectivity index (χ2n) is 6.69. The van der Waals surface area contributed by atoms with Crippen LogP contribution >= 0.6 is 0 Å². The molecular formula is C22H23FN2O4. The molecule has 0 fully saturated rings. The van der Waals surface area contributed by atoms with Crippen LogP contribution in [0.2, 0.25) is 0 Å². The SMILES string of the molecule is CCCOC(=O)C1=C(C)NC(=O)NC1c1ccc(OCc2ccc(F)cc2)cc1. The molecule has 152 valence electrons. The highest BCUT2D eigenvalue weighted by atomic mass is 19.1. The van der Waals surface area contributed by atoms with E-state index in [-0.39, 0.29) is 11.8 Å². The molecule has 0 saturated heterocycles. The van der Waals surface area contributed by atoms with Crippen LogP contribution in [0.5, 0.6) is 5.75 Å². The maximum absolute atomic E-state index is 13.0. The van der Waals surface area contributed by atoms with E-state index in [1.54, 1.807) is 43.3 Å². The Bertz CT molecular complexity index is 907. The molecular weight excluding hydrogens is 375 g/mol. The van der Waals surface area contributed by atoms with Crippen LogP contribution in [0.3, 0.4) is 0 Å². The molecule has 1 atom stereocenters. The molecule has 1 aliphatic rings. The summed E-state index contributed by atoms with van der Waals surface area (Å²) in [5.41, 5.74) is 2.42. The molecule has 0 bridgehead atoms. The van der Waals surface area contributed by atoms with Crippen molar-refractivity contribution in [3.05, 3.63) is 76.7 Å². The third-order valence-corrected chi connectivity index (χ3v) is 4.46. The summed E-state index contributed by atoms with van der Waals surface area (Å²) in [5.74, 6) is -0.133. The van der Waals surface area contributed by atoms with Crippen molar-refractivity contribution in [3.8, 4) is 5.75 Å². The van der Waals surface area contributed by atoms with Gasteiger partial charge < -0.3 is 20.1 Å². The zero-order chi connectivity index (χ0) is 20.8. The maximum Gasteiger partial charge on any atom is 0.338 e. The number of carbonyl (C=O) groups excluding carboxylic acids is 2. The van der Waals surface area contributed by atoms with Gasteiger partial charge in [-0.15, -0.1) is 0 Å². The van der Waals surface area contributed by atoms with E-state index in [4.69, 9.17) is 9.47 Å². The molecule has 2 N–H and O–H groups in total. The third-order valence-electron chi connectivity index (χ3n) is 4.46. The summed E-state index contributed by atoms with van der Waals surface area (Å²) in [6.07, 6.45) is 0.711. The lowest BCUT2D eigenvalue weighted by atomic mass is 9.95. The van der Waals surface area contributed by atoms with E-state index < -0.39 is 12.0 Å². The molecule has 3 rings (SSSR count). The number of hydrogen-bond acceptors (Lipinski definition) is 4. The van der Waals surface area contributed by atoms with Gasteiger partial charge in [0.05, 0.1) is 18.2 Å². The number of allylic oxidation sites excluding steroid dienone is 1. The first-order chi connectivity index (χ1) is 14.0. The van der Waals surface area contributed by atoms with E-state index >= 15 is 0 Å². The number of benzene rings is 2. The summed E-state index contributed by atoms with van der Waals surface area (Å²) in [4.78, 5) is 24.4.